The van der Waals surface area contributed by atoms with Crippen LogP contribution in [-0.4, -0.2) is 42.5 Å². The number of aromatic amines is 1. The highest BCUT2D eigenvalue weighted by Crippen LogP contribution is 2.31. The predicted molar refractivity (Wildman–Crippen MR) is 136 cm³/mol. The van der Waals surface area contributed by atoms with Gasteiger partial charge in [0.2, 0.25) is 26.0 Å². The molecular formula is C24H26N6O5S2. The van der Waals surface area contributed by atoms with E-state index >= 15 is 0 Å². The van der Waals surface area contributed by atoms with Crippen LogP contribution in [0.15, 0.2) is 53.4 Å². The highest BCUT2D eigenvalue weighted by Gasteiger charge is 2.37. The van der Waals surface area contributed by atoms with Gasteiger partial charge < -0.3 is 4.98 Å². The van der Waals surface area contributed by atoms with E-state index in [-0.39, 0.29) is 17.7 Å². The fourth-order valence-corrected chi connectivity index (χ4v) is 7.74. The van der Waals surface area contributed by atoms with E-state index in [4.69, 9.17) is 0 Å². The third-order valence-corrected chi connectivity index (χ3v) is 9.96. The summed E-state index contributed by atoms with van der Waals surface area (Å²) in [5, 5.41) is 3.29. The molecule has 37 heavy (non-hydrogen) atoms. The molecule has 0 spiro atoms. The van der Waals surface area contributed by atoms with Crippen LogP contribution in [0.4, 0.5) is 0 Å². The van der Waals surface area contributed by atoms with Crippen molar-refractivity contribution in [1.82, 2.24) is 29.2 Å². The van der Waals surface area contributed by atoms with Crippen LogP contribution in [0.25, 0.3) is 11.0 Å². The van der Waals surface area contributed by atoms with Gasteiger partial charge in [0.1, 0.15) is 16.0 Å². The Balaban J connectivity index is 1.49. The van der Waals surface area contributed by atoms with Crippen LogP contribution < -0.4 is 9.44 Å². The molecule has 4 aromatic rings. The molecule has 2 aromatic carbocycles. The number of hydrogen-bond donors (Lipinski definition) is 3. The number of aryl methyl sites for hydroxylation is 2. The summed E-state index contributed by atoms with van der Waals surface area (Å²) in [6.07, 6.45) is 0.110. The number of carbonyl (C=O) groups is 1. The van der Waals surface area contributed by atoms with Crippen LogP contribution in [-0.2, 0) is 38.3 Å². The Morgan fingerprint density at radius 3 is 2.43 bits per heavy atom. The summed E-state index contributed by atoms with van der Waals surface area (Å²) in [5.41, 5.74) is 3.62. The molecule has 0 radical (unpaired) electrons. The van der Waals surface area contributed by atoms with E-state index in [9.17, 15) is 21.6 Å². The number of sulfonamides is 2. The second-order valence-corrected chi connectivity index (χ2v) is 12.7. The Morgan fingerprint density at radius 1 is 1.14 bits per heavy atom. The highest BCUT2D eigenvalue weighted by atomic mass is 32.2. The second-order valence-electron chi connectivity index (χ2n) is 9.15. The van der Waals surface area contributed by atoms with Crippen molar-refractivity contribution in [2.75, 3.05) is 0 Å². The molecule has 5 rings (SSSR count). The maximum atomic E-state index is 13.5. The number of nitrogens with zero attached hydrogens (tertiary/aromatic N) is 3. The lowest BCUT2D eigenvalue weighted by Crippen LogP contribution is -2.31. The number of aromatic nitrogens is 4. The van der Waals surface area contributed by atoms with Gasteiger partial charge in [-0.05, 0) is 43.5 Å². The molecule has 1 aliphatic heterocycles. The van der Waals surface area contributed by atoms with Gasteiger partial charge in [-0.3, -0.25) is 14.2 Å². The fourth-order valence-electron chi connectivity index (χ4n) is 4.67. The molecule has 194 valence electrons. The summed E-state index contributed by atoms with van der Waals surface area (Å²) >= 11 is 0. The number of H-pyrrole nitrogens is 1. The van der Waals surface area contributed by atoms with Gasteiger partial charge in [-0.25, -0.2) is 26.5 Å². The van der Waals surface area contributed by atoms with Gasteiger partial charge in [-0.1, -0.05) is 36.4 Å². The standard InChI is InChI=1S/C24H26N6O5S2/c1-14-23(15(2)30(3)27-14)37(34,35)28-20(24-25-18-6-4-5-7-19(18)26-24)12-16-8-10-17(11-9-16)21-13-22(31)29-36(21,32)33/h4-11,20-21,28H,12-13H2,1-3H3,(H,25,26)(H,29,31). The number of para-hydroxylation sites is 2. The summed E-state index contributed by atoms with van der Waals surface area (Å²) in [6.45, 7) is 3.34. The molecule has 0 saturated carbocycles. The molecule has 1 fully saturated rings. The van der Waals surface area contributed by atoms with Crippen molar-refractivity contribution in [3.8, 4) is 0 Å². The summed E-state index contributed by atoms with van der Waals surface area (Å²) in [7, 11) is -6.04. The Labute approximate surface area is 214 Å². The average molecular weight is 543 g/mol. The molecule has 1 amide bonds. The van der Waals surface area contributed by atoms with Crippen LogP contribution in [0.3, 0.4) is 0 Å². The van der Waals surface area contributed by atoms with Crippen LogP contribution >= 0.6 is 0 Å². The zero-order chi connectivity index (χ0) is 26.5. The Morgan fingerprint density at radius 2 is 1.84 bits per heavy atom. The van der Waals surface area contributed by atoms with Crippen LogP contribution in [0.1, 0.15) is 46.1 Å². The van der Waals surface area contributed by atoms with Crippen molar-refractivity contribution < 1.29 is 21.6 Å². The highest BCUT2D eigenvalue weighted by molar-refractivity contribution is 7.90. The van der Waals surface area contributed by atoms with Gasteiger partial charge >= 0.3 is 0 Å². The molecule has 2 atom stereocenters. The minimum atomic E-state index is -3.97. The van der Waals surface area contributed by atoms with Gasteiger partial charge in [0, 0.05) is 7.05 Å². The predicted octanol–water partition coefficient (Wildman–Crippen LogP) is 2.07. The number of rotatable bonds is 7. The minimum absolute atomic E-state index is 0.120. The number of fused-ring (bicyclic) bond motifs is 1. The monoisotopic (exact) mass is 542 g/mol. The van der Waals surface area contributed by atoms with E-state index in [1.54, 1.807) is 45.2 Å². The number of nitrogens with one attached hydrogen (secondary N) is 3. The van der Waals surface area contributed by atoms with Crippen LogP contribution in [0.2, 0.25) is 0 Å². The summed E-state index contributed by atoms with van der Waals surface area (Å²) in [6, 6.07) is 13.4. The van der Waals surface area contributed by atoms with E-state index in [2.05, 4.69) is 19.8 Å². The third-order valence-electron chi connectivity index (χ3n) is 6.54. The van der Waals surface area contributed by atoms with Crippen LogP contribution in [0.5, 0.6) is 0 Å². The number of hydrogen-bond acceptors (Lipinski definition) is 7. The average Bonchev–Trinajstić information content (AvgIpc) is 3.46. The Hall–Kier alpha value is -3.55. The van der Waals surface area contributed by atoms with Crippen molar-refractivity contribution in [2.45, 2.75) is 42.9 Å². The van der Waals surface area contributed by atoms with E-state index in [1.807, 2.05) is 29.0 Å². The Bertz CT molecular complexity index is 1690. The molecule has 3 N–H and O–H groups in total. The molecular weight excluding hydrogens is 516 g/mol. The molecule has 1 aliphatic rings. The fraction of sp³-hybridized carbons (Fsp3) is 0.292. The smallest absolute Gasteiger partial charge is 0.244 e. The molecule has 0 aliphatic carbocycles. The zero-order valence-electron chi connectivity index (χ0n) is 20.4. The number of benzene rings is 2. The Kier molecular flexibility index (Phi) is 6.16. The summed E-state index contributed by atoms with van der Waals surface area (Å²) in [5.74, 6) is -0.0874. The molecule has 3 heterocycles. The van der Waals surface area contributed by atoms with Crippen molar-refractivity contribution >= 4 is 37.0 Å². The largest absolute Gasteiger partial charge is 0.341 e. The first kappa shape index (κ1) is 25.1. The normalized spacial score (nSPS) is 18.2. The minimum Gasteiger partial charge on any atom is -0.341 e. The van der Waals surface area contributed by atoms with Crippen molar-refractivity contribution in [3.63, 3.8) is 0 Å². The zero-order valence-corrected chi connectivity index (χ0v) is 22.0. The topological polar surface area (TPSA) is 156 Å². The van der Waals surface area contributed by atoms with E-state index in [0.717, 1.165) is 11.1 Å². The van der Waals surface area contributed by atoms with E-state index < -0.39 is 37.2 Å². The van der Waals surface area contributed by atoms with Gasteiger partial charge in [0.25, 0.3) is 0 Å². The first-order chi connectivity index (χ1) is 17.4. The lowest BCUT2D eigenvalue weighted by molar-refractivity contribution is -0.118. The second kappa shape index (κ2) is 9.08. The van der Waals surface area contributed by atoms with E-state index in [0.29, 0.717) is 28.3 Å². The maximum Gasteiger partial charge on any atom is 0.244 e. The lowest BCUT2D eigenvalue weighted by Gasteiger charge is -2.18. The number of carbonyl (C=O) groups excluding carboxylic acids is 1. The number of amides is 1. The lowest BCUT2D eigenvalue weighted by atomic mass is 10.0. The molecule has 2 unspecified atom stereocenters. The molecule has 0 bridgehead atoms. The summed E-state index contributed by atoms with van der Waals surface area (Å²) in [4.78, 5) is 19.6. The third kappa shape index (κ3) is 4.77. The molecule has 1 saturated heterocycles. The first-order valence-electron chi connectivity index (χ1n) is 11.5. The summed E-state index contributed by atoms with van der Waals surface area (Å²) < 4.78 is 57.8. The number of imidazole rings is 1. The maximum absolute atomic E-state index is 13.5. The van der Waals surface area contributed by atoms with Gasteiger partial charge in [-0.2, -0.15) is 5.10 Å². The molecule has 11 nitrogen and oxygen atoms in total. The first-order valence-corrected chi connectivity index (χ1v) is 14.6. The van der Waals surface area contributed by atoms with Gasteiger partial charge in [0.15, 0.2) is 0 Å². The van der Waals surface area contributed by atoms with E-state index in [1.165, 1.54) is 4.68 Å². The van der Waals surface area contributed by atoms with Crippen molar-refractivity contribution in [1.29, 1.82) is 0 Å². The SMILES string of the molecule is Cc1nn(C)c(C)c1S(=O)(=O)NC(Cc1ccc(C2CC(=O)NS2(=O)=O)cc1)c1nc2ccccc2[nH]1. The molecule has 13 heteroatoms. The van der Waals surface area contributed by atoms with Gasteiger partial charge in [-0.15, -0.1) is 0 Å². The van der Waals surface area contributed by atoms with Gasteiger partial charge in [0.05, 0.1) is 34.9 Å². The van der Waals surface area contributed by atoms with Crippen molar-refractivity contribution in [2.24, 2.45) is 7.05 Å². The molecule has 2 aromatic heterocycles. The quantitative estimate of drug-likeness (QED) is 0.323. The van der Waals surface area contributed by atoms with Crippen molar-refractivity contribution in [3.05, 3.63) is 76.9 Å². The van der Waals surface area contributed by atoms with Crippen LogP contribution in [0, 0.1) is 13.8 Å².